The molecule has 5 atom stereocenters. The molecular formula is C32H37F3N6O2. The fraction of sp³-hybridized carbons (Fsp3) is 0.594. The lowest BCUT2D eigenvalue weighted by molar-refractivity contribution is 0.107. The molecule has 2 N–H and O–H groups in total. The Morgan fingerprint density at radius 3 is 2.77 bits per heavy atom. The number of piperazine rings is 1. The molecule has 43 heavy (non-hydrogen) atoms. The lowest BCUT2D eigenvalue weighted by Crippen LogP contribution is -2.51. The monoisotopic (exact) mass is 594 g/mol. The van der Waals surface area contributed by atoms with Crippen LogP contribution in [0.15, 0.2) is 18.3 Å². The maximum Gasteiger partial charge on any atom is 0.319 e. The average Bonchev–Trinajstić information content (AvgIpc) is 3.74. The normalized spacial score (nSPS) is 29.9. The minimum Gasteiger partial charge on any atom is -0.508 e. The van der Waals surface area contributed by atoms with Crippen LogP contribution in [0.2, 0.25) is 0 Å². The summed E-state index contributed by atoms with van der Waals surface area (Å²) in [6.07, 6.45) is 6.94. The Kier molecular flexibility index (Phi) is 6.67. The molecule has 0 spiro atoms. The van der Waals surface area contributed by atoms with Crippen molar-refractivity contribution in [1.29, 1.82) is 0 Å². The maximum absolute atomic E-state index is 16.7. The number of alkyl halides is 2. The number of fused-ring (bicyclic) bond motifs is 5. The second kappa shape index (κ2) is 10.5. The van der Waals surface area contributed by atoms with Crippen molar-refractivity contribution in [3.05, 3.63) is 35.3 Å². The number of aryl methyl sites for hydroxylation is 1. The zero-order valence-electron chi connectivity index (χ0n) is 24.2. The molecule has 11 heteroatoms. The molecule has 4 fully saturated rings. The summed E-state index contributed by atoms with van der Waals surface area (Å²) in [4.78, 5) is 18.4. The highest BCUT2D eigenvalue weighted by Gasteiger charge is 2.49. The number of halogens is 3. The van der Waals surface area contributed by atoms with Crippen LogP contribution in [-0.4, -0.2) is 88.2 Å². The van der Waals surface area contributed by atoms with Crippen molar-refractivity contribution < 1.29 is 23.0 Å². The van der Waals surface area contributed by atoms with Gasteiger partial charge in [0.15, 0.2) is 5.82 Å². The SMILES string of the molecule is Oc1cc2c(c(-c3ncc4c(N5C[C@H]6CC[C@@H](C5)N6)nc(OC[C@@]56CCCN5C[C@H](F)C6)nc4c3F)c1)C(CCF)CC2. The number of ether oxygens (including phenoxy) is 1. The standard InChI is InChI=1S/C32H37F3N6O2/c33-8-6-18-2-3-19-10-23(42)11-24(26(18)19)28-27(35)29-25(13-36-28)30(40-15-21-4-5-22(16-40)37-21)39-31(38-29)43-17-32-7-1-9-41(32)14-20(34)12-32/h10-11,13,18,20-22,37,42H,1-9,12,14-17H2/t18?,20-,21-,22+,32+/m1/s1. The molecule has 1 unspecified atom stereocenters. The molecule has 2 bridgehead atoms. The summed E-state index contributed by atoms with van der Waals surface area (Å²) in [5.41, 5.74) is 2.03. The molecule has 5 aliphatic rings. The number of phenols is 1. The molecule has 1 aliphatic carbocycles. The van der Waals surface area contributed by atoms with Gasteiger partial charge in [0, 0.05) is 49.9 Å². The number of aromatic nitrogens is 3. The largest absolute Gasteiger partial charge is 0.508 e. The second-order valence-corrected chi connectivity index (χ2v) is 13.2. The number of aromatic hydroxyl groups is 1. The summed E-state index contributed by atoms with van der Waals surface area (Å²) in [5.74, 6) is -0.0673. The van der Waals surface area contributed by atoms with Crippen LogP contribution in [0.5, 0.6) is 11.8 Å². The predicted molar refractivity (Wildman–Crippen MR) is 157 cm³/mol. The Balaban J connectivity index is 1.23. The molecule has 8 nitrogen and oxygen atoms in total. The van der Waals surface area contributed by atoms with Crippen LogP contribution in [-0.2, 0) is 6.42 Å². The van der Waals surface area contributed by atoms with Gasteiger partial charge in [-0.25, -0.2) is 8.78 Å². The fourth-order valence-electron chi connectivity index (χ4n) is 8.61. The van der Waals surface area contributed by atoms with Crippen molar-refractivity contribution in [3.8, 4) is 23.0 Å². The Hall–Kier alpha value is -3.18. The quantitative estimate of drug-likeness (QED) is 0.403. The molecule has 228 valence electrons. The third-order valence-corrected chi connectivity index (χ3v) is 10.5. The third-order valence-electron chi connectivity index (χ3n) is 10.5. The molecule has 4 aliphatic heterocycles. The molecule has 0 saturated carbocycles. The van der Waals surface area contributed by atoms with E-state index in [1.54, 1.807) is 12.3 Å². The number of nitrogens with one attached hydrogen (secondary N) is 1. The number of nitrogens with zero attached hydrogens (tertiary/aromatic N) is 5. The van der Waals surface area contributed by atoms with Crippen molar-refractivity contribution in [2.75, 3.05) is 44.4 Å². The number of rotatable bonds is 7. The molecule has 6 heterocycles. The van der Waals surface area contributed by atoms with E-state index in [0.29, 0.717) is 54.7 Å². The molecule has 3 aromatic rings. The zero-order valence-corrected chi connectivity index (χ0v) is 24.2. The molecule has 2 aromatic heterocycles. The topological polar surface area (TPSA) is 86.6 Å². The van der Waals surface area contributed by atoms with E-state index >= 15 is 4.39 Å². The molecule has 1 aromatic carbocycles. The predicted octanol–water partition coefficient (Wildman–Crippen LogP) is 4.82. The summed E-state index contributed by atoms with van der Waals surface area (Å²) >= 11 is 0. The smallest absolute Gasteiger partial charge is 0.319 e. The summed E-state index contributed by atoms with van der Waals surface area (Å²) in [7, 11) is 0. The molecule has 8 rings (SSSR count). The van der Waals surface area contributed by atoms with Gasteiger partial charge in [-0.3, -0.25) is 14.3 Å². The van der Waals surface area contributed by atoms with Gasteiger partial charge in [0.25, 0.3) is 0 Å². The van der Waals surface area contributed by atoms with Crippen LogP contribution < -0.4 is 15.0 Å². The summed E-state index contributed by atoms with van der Waals surface area (Å²) in [6, 6.07) is 3.96. The van der Waals surface area contributed by atoms with E-state index in [1.165, 1.54) is 6.07 Å². The average molecular weight is 595 g/mol. The van der Waals surface area contributed by atoms with Crippen molar-refractivity contribution >= 4 is 16.7 Å². The van der Waals surface area contributed by atoms with Gasteiger partial charge in [-0.2, -0.15) is 9.97 Å². The number of anilines is 1. The van der Waals surface area contributed by atoms with E-state index in [0.717, 1.165) is 62.9 Å². The lowest BCUT2D eigenvalue weighted by atomic mass is 9.91. The van der Waals surface area contributed by atoms with Crippen LogP contribution in [0.25, 0.3) is 22.2 Å². The Morgan fingerprint density at radius 1 is 1.12 bits per heavy atom. The minimum absolute atomic E-state index is 0.0303. The molecule has 0 radical (unpaired) electrons. The van der Waals surface area contributed by atoms with Crippen LogP contribution in [0.1, 0.15) is 62.0 Å². The van der Waals surface area contributed by atoms with Gasteiger partial charge in [0.05, 0.1) is 17.6 Å². The fourth-order valence-corrected chi connectivity index (χ4v) is 8.61. The summed E-state index contributed by atoms with van der Waals surface area (Å²) < 4.78 is 50.8. The van der Waals surface area contributed by atoms with E-state index < -0.39 is 18.7 Å². The van der Waals surface area contributed by atoms with E-state index in [1.807, 2.05) is 0 Å². The first kappa shape index (κ1) is 27.4. The van der Waals surface area contributed by atoms with Crippen LogP contribution in [0.3, 0.4) is 0 Å². The van der Waals surface area contributed by atoms with Crippen molar-refractivity contribution in [2.24, 2.45) is 0 Å². The molecule has 4 saturated heterocycles. The van der Waals surface area contributed by atoms with Crippen LogP contribution >= 0.6 is 0 Å². The second-order valence-electron chi connectivity index (χ2n) is 13.2. The van der Waals surface area contributed by atoms with E-state index in [2.05, 4.69) is 25.1 Å². The summed E-state index contributed by atoms with van der Waals surface area (Å²) in [5, 5.41) is 14.7. The van der Waals surface area contributed by atoms with Gasteiger partial charge in [0.1, 0.15) is 35.6 Å². The summed E-state index contributed by atoms with van der Waals surface area (Å²) in [6.45, 7) is 2.51. The number of benzene rings is 1. The molecular weight excluding hydrogens is 557 g/mol. The number of hydrogen-bond donors (Lipinski definition) is 2. The highest BCUT2D eigenvalue weighted by molar-refractivity contribution is 5.92. The van der Waals surface area contributed by atoms with Crippen molar-refractivity contribution in [2.45, 2.75) is 81.1 Å². The number of pyridine rings is 1. The Labute approximate surface area is 248 Å². The van der Waals surface area contributed by atoms with Gasteiger partial charge >= 0.3 is 6.01 Å². The van der Waals surface area contributed by atoms with Gasteiger partial charge in [-0.15, -0.1) is 0 Å². The lowest BCUT2D eigenvalue weighted by Gasteiger charge is -2.34. The van der Waals surface area contributed by atoms with Crippen molar-refractivity contribution in [1.82, 2.24) is 25.2 Å². The van der Waals surface area contributed by atoms with Gasteiger partial charge in [0.2, 0.25) is 0 Å². The highest BCUT2D eigenvalue weighted by Crippen LogP contribution is 2.45. The Bertz CT molecular complexity index is 1560. The van der Waals surface area contributed by atoms with E-state index in [4.69, 9.17) is 9.72 Å². The zero-order chi connectivity index (χ0) is 29.3. The van der Waals surface area contributed by atoms with Crippen LogP contribution in [0, 0.1) is 5.82 Å². The highest BCUT2D eigenvalue weighted by atomic mass is 19.1. The minimum atomic E-state index is -0.885. The first-order valence-corrected chi connectivity index (χ1v) is 15.7. The number of hydrogen-bond acceptors (Lipinski definition) is 8. The third kappa shape index (κ3) is 4.61. The van der Waals surface area contributed by atoms with Gasteiger partial charge in [-0.1, -0.05) is 0 Å². The van der Waals surface area contributed by atoms with Crippen LogP contribution in [0.4, 0.5) is 19.0 Å². The van der Waals surface area contributed by atoms with E-state index in [9.17, 15) is 13.9 Å². The number of phenolic OH excluding ortho intramolecular Hbond substituents is 1. The first-order valence-electron chi connectivity index (χ1n) is 15.7. The van der Waals surface area contributed by atoms with E-state index in [-0.39, 0.29) is 41.0 Å². The maximum atomic E-state index is 16.7. The Morgan fingerprint density at radius 2 is 1.95 bits per heavy atom. The van der Waals surface area contributed by atoms with Gasteiger partial charge < -0.3 is 20.1 Å². The van der Waals surface area contributed by atoms with Gasteiger partial charge in [-0.05, 0) is 80.7 Å². The van der Waals surface area contributed by atoms with Crippen molar-refractivity contribution in [3.63, 3.8) is 0 Å². The molecule has 0 amide bonds. The first-order chi connectivity index (χ1) is 20.9.